The molecule has 0 bridgehead atoms. The van der Waals surface area contributed by atoms with Gasteiger partial charge in [0.25, 0.3) is 5.91 Å². The molecule has 1 aromatic carbocycles. The molecule has 1 fully saturated rings. The highest BCUT2D eigenvalue weighted by Gasteiger charge is 2.37. The van der Waals surface area contributed by atoms with Gasteiger partial charge in [-0.25, -0.2) is 4.79 Å². The maximum Gasteiger partial charge on any atom is 0.509 e. The number of amides is 2. The van der Waals surface area contributed by atoms with Crippen LogP contribution in [0.25, 0.3) is 0 Å². The van der Waals surface area contributed by atoms with E-state index < -0.39 is 23.8 Å². The van der Waals surface area contributed by atoms with E-state index in [1.807, 2.05) is 12.5 Å². The minimum Gasteiger partial charge on any atom is -0.490 e. The van der Waals surface area contributed by atoms with Crippen molar-refractivity contribution in [2.75, 3.05) is 77.7 Å². The number of nitrogens with two attached hydrogens (primary N) is 1. The summed E-state index contributed by atoms with van der Waals surface area (Å²) >= 11 is 0.773. The Hall–Kier alpha value is -2.15. The molecule has 21 heteroatoms. The summed E-state index contributed by atoms with van der Waals surface area (Å²) < 4.78 is 38.9. The van der Waals surface area contributed by atoms with Gasteiger partial charge in [-0.1, -0.05) is 55.2 Å². The highest BCUT2D eigenvalue weighted by atomic mass is 33.1. The van der Waals surface area contributed by atoms with Crippen LogP contribution in [0.1, 0.15) is 16.8 Å². The predicted molar refractivity (Wildman–Crippen MR) is 204 cm³/mol. The number of nitrogens with one attached hydrogen (secondary N) is 2. The molecule has 1 aliphatic rings. The third-order valence-corrected chi connectivity index (χ3v) is 10.5. The molecule has 2 unspecified atom stereocenters. The Balaban J connectivity index is 1.64. The number of rotatable bonds is 25. The van der Waals surface area contributed by atoms with Crippen molar-refractivity contribution in [1.82, 2.24) is 10.6 Å². The monoisotopic (exact) mass is 806 g/mol. The second-order valence-electron chi connectivity index (χ2n) is 9.97. The first-order valence-corrected chi connectivity index (χ1v) is 21.8. The predicted octanol–water partition coefficient (Wildman–Crippen LogP) is 1.79. The van der Waals surface area contributed by atoms with Gasteiger partial charge in [0.05, 0.1) is 32.5 Å². The van der Waals surface area contributed by atoms with E-state index in [0.29, 0.717) is 38.1 Å². The van der Waals surface area contributed by atoms with Crippen LogP contribution in [0, 0.1) is 22.4 Å². The van der Waals surface area contributed by atoms with E-state index >= 15 is 0 Å². The highest BCUT2D eigenvalue weighted by molar-refractivity contribution is 8.76. The fraction of sp³-hybridized carbons (Fsp3) is 0.600. The number of carbonyl (C=O) groups is 3. The van der Waals surface area contributed by atoms with Crippen molar-refractivity contribution in [3.05, 3.63) is 29.8 Å². The van der Waals surface area contributed by atoms with Crippen molar-refractivity contribution in [1.29, 1.82) is 5.26 Å². The van der Waals surface area contributed by atoms with E-state index in [-0.39, 0.29) is 75.4 Å². The van der Waals surface area contributed by atoms with Gasteiger partial charge in [0.15, 0.2) is 5.94 Å². The van der Waals surface area contributed by atoms with Crippen LogP contribution < -0.4 is 21.1 Å². The van der Waals surface area contributed by atoms with Crippen LogP contribution in [0.15, 0.2) is 24.3 Å². The Morgan fingerprint density at radius 2 is 1.94 bits per heavy atom. The van der Waals surface area contributed by atoms with Crippen LogP contribution in [-0.2, 0) is 33.2 Å². The number of nitriles is 1. The van der Waals surface area contributed by atoms with Crippen LogP contribution >= 0.6 is 54.9 Å². The lowest BCUT2D eigenvalue weighted by Crippen LogP contribution is -2.32. The molecule has 1 aromatic rings. The van der Waals surface area contributed by atoms with E-state index in [4.69, 9.17) is 44.2 Å². The fourth-order valence-corrected chi connectivity index (χ4v) is 7.29. The van der Waals surface area contributed by atoms with Gasteiger partial charge in [-0.05, 0) is 48.9 Å². The fourth-order valence-electron chi connectivity index (χ4n) is 4.15. The highest BCUT2D eigenvalue weighted by Crippen LogP contribution is 2.31. The number of hydrogen-bond donors (Lipinski definition) is 4. The number of thioether (sulfide) groups is 1. The van der Waals surface area contributed by atoms with E-state index in [2.05, 4.69) is 22.4 Å². The zero-order valence-electron chi connectivity index (χ0n) is 28.3. The van der Waals surface area contributed by atoms with E-state index in [1.54, 1.807) is 29.7 Å². The summed E-state index contributed by atoms with van der Waals surface area (Å²) in [7, 11) is 6.16. The van der Waals surface area contributed by atoms with Gasteiger partial charge in [-0.2, -0.15) is 11.1 Å². The van der Waals surface area contributed by atoms with E-state index in [1.165, 1.54) is 43.2 Å². The molecule has 5 atom stereocenters. The van der Waals surface area contributed by atoms with E-state index in [9.17, 15) is 19.5 Å². The molecule has 2 rings (SSSR count). The van der Waals surface area contributed by atoms with Gasteiger partial charge in [-0.15, -0.1) is 0 Å². The van der Waals surface area contributed by atoms with Crippen molar-refractivity contribution in [3.8, 4) is 22.9 Å². The van der Waals surface area contributed by atoms with Gasteiger partial charge in [-0.3, -0.25) is 9.59 Å². The number of aliphatic hydroxyl groups is 1. The summed E-state index contributed by atoms with van der Waals surface area (Å²) in [6.45, 7) is 1.07. The normalized spacial score (nSPS) is 17.6. The molecule has 0 aliphatic carbocycles. The van der Waals surface area contributed by atoms with Crippen molar-refractivity contribution < 1.29 is 52.6 Å². The molecule has 0 aromatic heterocycles. The van der Waals surface area contributed by atoms with Gasteiger partial charge < -0.3 is 54.6 Å². The molecule has 0 spiro atoms. The number of nitrogens with zero attached hydrogens (tertiary/aromatic N) is 1. The summed E-state index contributed by atoms with van der Waals surface area (Å²) in [5.74, 6) is 5.73. The number of aliphatic hydroxyl groups excluding tert-OH is 1. The van der Waals surface area contributed by atoms with Crippen LogP contribution in [0.5, 0.6) is 5.75 Å². The summed E-state index contributed by atoms with van der Waals surface area (Å²) in [4.78, 5) is 36.0. The summed E-state index contributed by atoms with van der Waals surface area (Å²) in [6.07, 6.45) is 2.34. The summed E-state index contributed by atoms with van der Waals surface area (Å²) in [6, 6.07) is 6.57. The minimum absolute atomic E-state index is 0.0842. The second kappa shape index (κ2) is 28.4. The van der Waals surface area contributed by atoms with Crippen LogP contribution in [0.2, 0.25) is 0 Å². The third kappa shape index (κ3) is 20.0. The van der Waals surface area contributed by atoms with Crippen molar-refractivity contribution in [2.45, 2.75) is 35.5 Å². The first kappa shape index (κ1) is 45.0. The van der Waals surface area contributed by atoms with Crippen LogP contribution in [0.4, 0.5) is 4.79 Å². The Morgan fingerprint density at radius 3 is 2.69 bits per heavy atom. The standard InChI is InChI=1S/C30H43BN4O11S5/c1-47-50-27(17-42-22-6-3-5-21(13-22)29(38)35-10-8-32)41-12-11-40-16-26(37)34-9-4-7-31-25-14-23(24(15-36)45-25)46-28(51-48-2)18-43-30(39)44-20-49-19-33/h3,5-6,13,23-25,27-28,31,36H,8-12,14-18,20,32H2,1-2H3,(H,34,37)(H,35,38)/t23-,24?,25-,27?,28+/m1/s1. The zero-order chi connectivity index (χ0) is 37.1. The van der Waals surface area contributed by atoms with Gasteiger partial charge in [0, 0.05) is 24.7 Å². The maximum atomic E-state index is 12.2. The maximum absolute atomic E-state index is 12.2. The summed E-state index contributed by atoms with van der Waals surface area (Å²) in [5.41, 5.74) is 5.08. The Bertz CT molecular complexity index is 1290. The SMILES string of the molecule is CSSC(COc1cccc(C(=O)NCCN)c1)OCCOCC(=O)NCC#CB[C@H]1C[C@@H](O[C@H](COC(=O)OCSC#N)SSC)C(CO)O1. The average molecular weight is 807 g/mol. The lowest BCUT2D eigenvalue weighted by atomic mass is 9.71. The molecule has 5 N–H and O–H groups in total. The first-order chi connectivity index (χ1) is 24.8. The Labute approximate surface area is 318 Å². The Morgan fingerprint density at radius 1 is 1.14 bits per heavy atom. The molecule has 1 aliphatic heterocycles. The minimum atomic E-state index is -0.904. The molecule has 2 amide bonds. The number of carbonyl (C=O) groups excluding carboxylic acids is 3. The van der Waals surface area contributed by atoms with Gasteiger partial charge in [0.2, 0.25) is 13.2 Å². The molecule has 15 nitrogen and oxygen atoms in total. The zero-order valence-corrected chi connectivity index (χ0v) is 32.4. The van der Waals surface area contributed by atoms with Crippen molar-refractivity contribution in [2.24, 2.45) is 5.73 Å². The second-order valence-corrected chi connectivity index (χ2v) is 15.9. The molecule has 1 saturated heterocycles. The number of thiocyanates is 1. The molecule has 0 radical (unpaired) electrons. The summed E-state index contributed by atoms with van der Waals surface area (Å²) in [5, 5.41) is 25.5. The Kier molecular flexibility index (Phi) is 25.0. The van der Waals surface area contributed by atoms with Crippen molar-refractivity contribution >= 4 is 80.2 Å². The topological polar surface area (TPSA) is 210 Å². The molecule has 1 heterocycles. The lowest BCUT2D eigenvalue weighted by Gasteiger charge is -2.23. The number of benzene rings is 1. The molecule has 0 saturated carbocycles. The third-order valence-electron chi connectivity index (χ3n) is 6.33. The van der Waals surface area contributed by atoms with Crippen LogP contribution in [-0.4, -0.2) is 137 Å². The molecular weight excluding hydrogens is 763 g/mol. The molecular formula is C30H43BN4O11S5. The smallest absolute Gasteiger partial charge is 0.490 e. The number of ether oxygens (including phenoxy) is 7. The van der Waals surface area contributed by atoms with Gasteiger partial charge >= 0.3 is 6.16 Å². The largest absolute Gasteiger partial charge is 0.509 e. The van der Waals surface area contributed by atoms with Crippen LogP contribution in [0.3, 0.4) is 0 Å². The quantitative estimate of drug-likeness (QED) is 0.0211. The first-order valence-electron chi connectivity index (χ1n) is 15.6. The number of hydrogen-bond acceptors (Lipinski definition) is 18. The van der Waals surface area contributed by atoms with Crippen molar-refractivity contribution in [3.63, 3.8) is 0 Å². The molecule has 51 heavy (non-hydrogen) atoms. The lowest BCUT2D eigenvalue weighted by molar-refractivity contribution is -0.126. The van der Waals surface area contributed by atoms with Gasteiger partial charge in [0.1, 0.15) is 47.9 Å². The average Bonchev–Trinajstić information content (AvgIpc) is 3.52. The molecule has 282 valence electrons. The van der Waals surface area contributed by atoms with E-state index in [0.717, 1.165) is 11.8 Å².